The minimum atomic E-state index is -0.242. The molecule has 7 heteroatoms. The third-order valence-electron chi connectivity index (χ3n) is 3.63. The Morgan fingerprint density at radius 2 is 1.87 bits per heavy atom. The van der Waals surface area contributed by atoms with Crippen LogP contribution in [0.1, 0.15) is 24.3 Å². The highest BCUT2D eigenvalue weighted by atomic mass is 16.2. The Balaban J connectivity index is 1.77. The number of hydrogen-bond donors (Lipinski definition) is 1. The second-order valence-corrected chi connectivity index (χ2v) is 5.65. The number of benzene rings is 1. The maximum atomic E-state index is 12.5. The Morgan fingerprint density at radius 3 is 2.57 bits per heavy atom. The lowest BCUT2D eigenvalue weighted by atomic mass is 10.0. The van der Waals surface area contributed by atoms with E-state index in [1.165, 1.54) is 6.20 Å². The van der Waals surface area contributed by atoms with Crippen molar-refractivity contribution in [1.82, 2.24) is 30.3 Å². The van der Waals surface area contributed by atoms with Crippen LogP contribution in [0.4, 0.5) is 0 Å². The molecule has 1 atom stereocenters. The summed E-state index contributed by atoms with van der Waals surface area (Å²) in [6, 6.07) is 7.38. The van der Waals surface area contributed by atoms with Gasteiger partial charge in [0, 0.05) is 0 Å². The molecular formula is C16H18N6O. The first-order valence-corrected chi connectivity index (χ1v) is 7.50. The van der Waals surface area contributed by atoms with Crippen LogP contribution in [0.25, 0.3) is 11.0 Å². The SMILES string of the molecule is CC(C)[C@H](Cn1nccn1)NC(=O)c1cnc2ccccc2n1. The van der Waals surface area contributed by atoms with E-state index in [1.807, 2.05) is 38.1 Å². The van der Waals surface area contributed by atoms with Crippen LogP contribution in [-0.2, 0) is 6.54 Å². The molecule has 1 N–H and O–H groups in total. The molecule has 2 heterocycles. The Labute approximate surface area is 133 Å². The fraction of sp³-hybridized carbons (Fsp3) is 0.312. The molecule has 0 fully saturated rings. The zero-order chi connectivity index (χ0) is 16.2. The van der Waals surface area contributed by atoms with Crippen molar-refractivity contribution in [1.29, 1.82) is 0 Å². The van der Waals surface area contributed by atoms with E-state index in [-0.39, 0.29) is 17.9 Å². The van der Waals surface area contributed by atoms with Crippen molar-refractivity contribution >= 4 is 16.9 Å². The lowest BCUT2D eigenvalue weighted by Crippen LogP contribution is -2.42. The zero-order valence-electron chi connectivity index (χ0n) is 13.0. The van der Waals surface area contributed by atoms with Crippen LogP contribution in [0.15, 0.2) is 42.9 Å². The van der Waals surface area contributed by atoms with Crippen LogP contribution in [0, 0.1) is 5.92 Å². The first-order valence-electron chi connectivity index (χ1n) is 7.50. The van der Waals surface area contributed by atoms with Gasteiger partial charge in [-0.2, -0.15) is 15.0 Å². The van der Waals surface area contributed by atoms with E-state index in [1.54, 1.807) is 17.2 Å². The maximum absolute atomic E-state index is 12.5. The number of nitrogens with one attached hydrogen (secondary N) is 1. The number of carbonyl (C=O) groups excluding carboxylic acids is 1. The molecule has 1 amide bonds. The highest BCUT2D eigenvalue weighted by molar-refractivity contribution is 5.93. The second kappa shape index (κ2) is 6.51. The van der Waals surface area contributed by atoms with E-state index < -0.39 is 0 Å². The van der Waals surface area contributed by atoms with Crippen LogP contribution >= 0.6 is 0 Å². The standard InChI is InChI=1S/C16H18N6O/c1-11(2)15(10-22-18-7-8-19-22)21-16(23)14-9-17-12-5-3-4-6-13(12)20-14/h3-9,11,15H,10H2,1-2H3,(H,21,23)/t15-/m0/s1. The number of aromatic nitrogens is 5. The van der Waals surface area contributed by atoms with E-state index in [9.17, 15) is 4.79 Å². The van der Waals surface area contributed by atoms with E-state index in [0.717, 1.165) is 5.52 Å². The van der Waals surface area contributed by atoms with Crippen LogP contribution in [-0.4, -0.2) is 36.9 Å². The molecule has 0 saturated carbocycles. The van der Waals surface area contributed by atoms with Crippen molar-refractivity contribution in [2.24, 2.45) is 5.92 Å². The number of amides is 1. The van der Waals surface area contributed by atoms with Gasteiger partial charge in [-0.15, -0.1) is 0 Å². The van der Waals surface area contributed by atoms with E-state index in [2.05, 4.69) is 25.5 Å². The number of carbonyl (C=O) groups is 1. The molecule has 0 bridgehead atoms. The summed E-state index contributed by atoms with van der Waals surface area (Å²) < 4.78 is 0. The summed E-state index contributed by atoms with van der Waals surface area (Å²) in [6.45, 7) is 4.60. The fourth-order valence-electron chi connectivity index (χ4n) is 2.25. The molecule has 2 aromatic heterocycles. The van der Waals surface area contributed by atoms with Crippen LogP contribution < -0.4 is 5.32 Å². The lowest BCUT2D eigenvalue weighted by molar-refractivity contribution is 0.0912. The van der Waals surface area contributed by atoms with Crippen molar-refractivity contribution in [3.63, 3.8) is 0 Å². The minimum absolute atomic E-state index is 0.0943. The van der Waals surface area contributed by atoms with Gasteiger partial charge in [0.2, 0.25) is 0 Å². The van der Waals surface area contributed by atoms with Gasteiger partial charge in [-0.1, -0.05) is 26.0 Å². The Hall–Kier alpha value is -2.83. The molecule has 0 saturated heterocycles. The summed E-state index contributed by atoms with van der Waals surface area (Å²) in [4.78, 5) is 22.7. The number of nitrogens with zero attached hydrogens (tertiary/aromatic N) is 5. The van der Waals surface area contributed by atoms with Crippen LogP contribution in [0.2, 0.25) is 0 Å². The normalized spacial score (nSPS) is 12.5. The van der Waals surface area contributed by atoms with Gasteiger partial charge in [0.1, 0.15) is 5.69 Å². The summed E-state index contributed by atoms with van der Waals surface area (Å²) in [7, 11) is 0. The highest BCUT2D eigenvalue weighted by Crippen LogP contribution is 2.10. The molecule has 0 spiro atoms. The topological polar surface area (TPSA) is 85.6 Å². The average molecular weight is 310 g/mol. The first kappa shape index (κ1) is 15.1. The van der Waals surface area contributed by atoms with E-state index in [0.29, 0.717) is 17.8 Å². The van der Waals surface area contributed by atoms with Gasteiger partial charge in [0.15, 0.2) is 0 Å². The molecule has 0 unspecified atom stereocenters. The molecule has 0 aliphatic carbocycles. The minimum Gasteiger partial charge on any atom is -0.346 e. The van der Waals surface area contributed by atoms with Gasteiger partial charge in [-0.25, -0.2) is 4.98 Å². The molecule has 0 aliphatic heterocycles. The molecule has 3 aromatic rings. The van der Waals surface area contributed by atoms with Gasteiger partial charge in [-0.3, -0.25) is 9.78 Å². The van der Waals surface area contributed by atoms with E-state index in [4.69, 9.17) is 0 Å². The Kier molecular flexibility index (Phi) is 4.27. The van der Waals surface area contributed by atoms with Crippen molar-refractivity contribution in [2.45, 2.75) is 26.4 Å². The highest BCUT2D eigenvalue weighted by Gasteiger charge is 2.19. The predicted molar refractivity (Wildman–Crippen MR) is 85.7 cm³/mol. The van der Waals surface area contributed by atoms with Gasteiger partial charge in [-0.05, 0) is 18.1 Å². The largest absolute Gasteiger partial charge is 0.346 e. The third kappa shape index (κ3) is 3.50. The summed E-state index contributed by atoms with van der Waals surface area (Å²) >= 11 is 0. The predicted octanol–water partition coefficient (Wildman–Crippen LogP) is 1.68. The summed E-state index contributed by atoms with van der Waals surface area (Å²) in [6.07, 6.45) is 4.74. The van der Waals surface area contributed by atoms with Gasteiger partial charge >= 0.3 is 0 Å². The quantitative estimate of drug-likeness (QED) is 0.775. The van der Waals surface area contributed by atoms with Crippen molar-refractivity contribution in [3.8, 4) is 0 Å². The van der Waals surface area contributed by atoms with E-state index >= 15 is 0 Å². The second-order valence-electron chi connectivity index (χ2n) is 5.65. The molecule has 23 heavy (non-hydrogen) atoms. The number of para-hydroxylation sites is 2. The lowest BCUT2D eigenvalue weighted by Gasteiger charge is -2.21. The summed E-state index contributed by atoms with van der Waals surface area (Å²) in [5, 5.41) is 11.2. The third-order valence-corrected chi connectivity index (χ3v) is 3.63. The first-order chi connectivity index (χ1) is 11.1. The Morgan fingerprint density at radius 1 is 1.17 bits per heavy atom. The number of hydrogen-bond acceptors (Lipinski definition) is 5. The van der Waals surface area contributed by atoms with Crippen molar-refractivity contribution < 1.29 is 4.79 Å². The molecule has 118 valence electrons. The summed E-state index contributed by atoms with van der Waals surface area (Å²) in [5.74, 6) is -0.00697. The molecular weight excluding hydrogens is 292 g/mol. The zero-order valence-corrected chi connectivity index (χ0v) is 13.0. The molecule has 0 radical (unpaired) electrons. The molecule has 3 rings (SSSR count). The fourth-order valence-corrected chi connectivity index (χ4v) is 2.25. The van der Waals surface area contributed by atoms with Gasteiger partial charge < -0.3 is 5.32 Å². The molecule has 7 nitrogen and oxygen atoms in total. The summed E-state index contributed by atoms with van der Waals surface area (Å²) in [5.41, 5.74) is 1.78. The number of rotatable bonds is 5. The Bertz CT molecular complexity index is 799. The van der Waals surface area contributed by atoms with Crippen molar-refractivity contribution in [2.75, 3.05) is 0 Å². The van der Waals surface area contributed by atoms with Gasteiger partial charge in [0.05, 0.1) is 42.2 Å². The monoisotopic (exact) mass is 310 g/mol. The van der Waals surface area contributed by atoms with Crippen molar-refractivity contribution in [3.05, 3.63) is 48.5 Å². The van der Waals surface area contributed by atoms with Crippen LogP contribution in [0.3, 0.4) is 0 Å². The molecule has 0 aliphatic rings. The smallest absolute Gasteiger partial charge is 0.271 e. The van der Waals surface area contributed by atoms with Crippen LogP contribution in [0.5, 0.6) is 0 Å². The van der Waals surface area contributed by atoms with Gasteiger partial charge in [0.25, 0.3) is 5.91 Å². The molecule has 1 aromatic carbocycles. The number of fused-ring (bicyclic) bond motifs is 1. The maximum Gasteiger partial charge on any atom is 0.271 e. The average Bonchev–Trinajstić information content (AvgIpc) is 3.06.